The fourth-order valence-electron chi connectivity index (χ4n) is 1.52. The number of aromatic nitrogens is 2. The Labute approximate surface area is 114 Å². The SMILES string of the molecule is COc1ccc(CSc2ncc(O)c(=O)n2C)cc1. The predicted octanol–water partition coefficient (Wildman–Crippen LogP) is 1.79. The summed E-state index contributed by atoms with van der Waals surface area (Å²) in [5.41, 5.74) is 0.667. The average molecular weight is 278 g/mol. The molecule has 0 fully saturated rings. The van der Waals surface area contributed by atoms with Crippen LogP contribution in [0.5, 0.6) is 11.5 Å². The molecule has 1 heterocycles. The summed E-state index contributed by atoms with van der Waals surface area (Å²) in [6.07, 6.45) is 1.18. The van der Waals surface area contributed by atoms with Crippen molar-refractivity contribution in [1.29, 1.82) is 0 Å². The standard InChI is InChI=1S/C13H14N2O3S/c1-15-12(17)11(16)7-14-13(15)19-8-9-3-5-10(18-2)6-4-9/h3-7,16H,8H2,1-2H3. The highest BCUT2D eigenvalue weighted by Gasteiger charge is 2.06. The van der Waals surface area contributed by atoms with Gasteiger partial charge >= 0.3 is 0 Å². The van der Waals surface area contributed by atoms with Crippen molar-refractivity contribution < 1.29 is 9.84 Å². The topological polar surface area (TPSA) is 64.3 Å². The lowest BCUT2D eigenvalue weighted by molar-refractivity contribution is 0.414. The minimum absolute atomic E-state index is 0.337. The van der Waals surface area contributed by atoms with Gasteiger partial charge < -0.3 is 9.84 Å². The first-order chi connectivity index (χ1) is 9.11. The van der Waals surface area contributed by atoms with Gasteiger partial charge in [-0.2, -0.15) is 0 Å². The van der Waals surface area contributed by atoms with Crippen molar-refractivity contribution in [3.8, 4) is 11.5 Å². The van der Waals surface area contributed by atoms with Crippen molar-refractivity contribution in [2.45, 2.75) is 10.9 Å². The third-order valence-corrected chi connectivity index (χ3v) is 3.75. The van der Waals surface area contributed by atoms with Crippen LogP contribution in [0.4, 0.5) is 0 Å². The number of hydrogen-bond donors (Lipinski definition) is 1. The molecule has 1 aromatic heterocycles. The Morgan fingerprint density at radius 3 is 2.68 bits per heavy atom. The Morgan fingerprint density at radius 1 is 1.37 bits per heavy atom. The molecule has 1 aromatic carbocycles. The molecule has 0 aliphatic carbocycles. The van der Waals surface area contributed by atoms with Crippen molar-refractivity contribution in [2.24, 2.45) is 7.05 Å². The van der Waals surface area contributed by atoms with Crippen molar-refractivity contribution in [3.63, 3.8) is 0 Å². The van der Waals surface area contributed by atoms with E-state index in [1.54, 1.807) is 14.2 Å². The highest BCUT2D eigenvalue weighted by atomic mass is 32.2. The van der Waals surface area contributed by atoms with E-state index < -0.39 is 5.56 Å². The molecule has 0 amide bonds. The van der Waals surface area contributed by atoms with Gasteiger partial charge in [-0.1, -0.05) is 23.9 Å². The summed E-state index contributed by atoms with van der Waals surface area (Å²) < 4.78 is 6.42. The van der Waals surface area contributed by atoms with E-state index in [9.17, 15) is 9.90 Å². The molecule has 0 spiro atoms. The lowest BCUT2D eigenvalue weighted by Gasteiger charge is -2.07. The molecule has 5 nitrogen and oxygen atoms in total. The van der Waals surface area contributed by atoms with Gasteiger partial charge in [0.2, 0.25) is 0 Å². The van der Waals surface area contributed by atoms with E-state index in [0.29, 0.717) is 10.9 Å². The van der Waals surface area contributed by atoms with Crippen molar-refractivity contribution in [1.82, 2.24) is 9.55 Å². The zero-order chi connectivity index (χ0) is 13.8. The number of ether oxygens (including phenoxy) is 1. The molecule has 19 heavy (non-hydrogen) atoms. The summed E-state index contributed by atoms with van der Waals surface area (Å²) in [6, 6.07) is 7.70. The lowest BCUT2D eigenvalue weighted by atomic mass is 10.2. The van der Waals surface area contributed by atoms with Crippen LogP contribution < -0.4 is 10.3 Å². The Kier molecular flexibility index (Phi) is 4.11. The first kappa shape index (κ1) is 13.5. The highest BCUT2D eigenvalue weighted by Crippen LogP contribution is 2.21. The molecule has 2 rings (SSSR count). The van der Waals surface area contributed by atoms with E-state index in [2.05, 4.69) is 4.98 Å². The van der Waals surface area contributed by atoms with E-state index in [4.69, 9.17) is 4.74 Å². The highest BCUT2D eigenvalue weighted by molar-refractivity contribution is 7.98. The molecule has 0 aliphatic rings. The Morgan fingerprint density at radius 2 is 2.05 bits per heavy atom. The molecule has 0 atom stereocenters. The molecule has 0 saturated carbocycles. The summed E-state index contributed by atoms with van der Waals surface area (Å²) >= 11 is 1.44. The smallest absolute Gasteiger partial charge is 0.296 e. The van der Waals surface area contributed by atoms with Gasteiger partial charge in [-0.15, -0.1) is 0 Å². The molecule has 0 radical (unpaired) electrons. The first-order valence-electron chi connectivity index (χ1n) is 5.62. The molecule has 0 saturated heterocycles. The zero-order valence-corrected chi connectivity index (χ0v) is 11.5. The average Bonchev–Trinajstić information content (AvgIpc) is 2.45. The largest absolute Gasteiger partial charge is 0.502 e. The molecule has 0 aliphatic heterocycles. The van der Waals surface area contributed by atoms with Crippen molar-refractivity contribution >= 4 is 11.8 Å². The number of nitrogens with zero attached hydrogens (tertiary/aromatic N) is 2. The Balaban J connectivity index is 2.10. The second kappa shape index (κ2) is 5.79. The van der Waals surface area contributed by atoms with E-state index in [1.165, 1.54) is 22.5 Å². The number of hydrogen-bond acceptors (Lipinski definition) is 5. The van der Waals surface area contributed by atoms with Crippen LogP contribution in [0, 0.1) is 0 Å². The zero-order valence-electron chi connectivity index (χ0n) is 10.7. The Bertz CT molecular complexity index is 623. The molecule has 100 valence electrons. The van der Waals surface area contributed by atoms with Crippen LogP contribution >= 0.6 is 11.8 Å². The monoisotopic (exact) mass is 278 g/mol. The number of thioether (sulfide) groups is 1. The molecule has 6 heteroatoms. The van der Waals surface area contributed by atoms with Crippen LogP contribution in [0.2, 0.25) is 0 Å². The van der Waals surface area contributed by atoms with Crippen LogP contribution in [0.1, 0.15) is 5.56 Å². The van der Waals surface area contributed by atoms with Crippen LogP contribution in [-0.2, 0) is 12.8 Å². The van der Waals surface area contributed by atoms with E-state index in [1.807, 2.05) is 24.3 Å². The number of benzene rings is 1. The van der Waals surface area contributed by atoms with Gasteiger partial charge in [0.25, 0.3) is 5.56 Å². The van der Waals surface area contributed by atoms with Gasteiger partial charge in [0.05, 0.1) is 13.3 Å². The Hall–Kier alpha value is -1.95. The van der Waals surface area contributed by atoms with Gasteiger partial charge in [-0.05, 0) is 17.7 Å². The number of rotatable bonds is 4. The molecule has 0 unspecified atom stereocenters. The maximum atomic E-state index is 11.5. The maximum absolute atomic E-state index is 11.5. The fraction of sp³-hybridized carbons (Fsp3) is 0.231. The normalized spacial score (nSPS) is 10.4. The minimum atomic E-state index is -0.438. The minimum Gasteiger partial charge on any atom is -0.502 e. The molecule has 2 aromatic rings. The summed E-state index contributed by atoms with van der Waals surface area (Å²) in [5, 5.41) is 9.82. The second-order valence-corrected chi connectivity index (χ2v) is 4.87. The van der Waals surface area contributed by atoms with Gasteiger partial charge in [0.1, 0.15) is 5.75 Å². The van der Waals surface area contributed by atoms with Gasteiger partial charge in [-0.25, -0.2) is 4.98 Å². The first-order valence-corrected chi connectivity index (χ1v) is 6.61. The summed E-state index contributed by atoms with van der Waals surface area (Å²) in [4.78, 5) is 15.6. The van der Waals surface area contributed by atoms with Crippen LogP contribution in [0.3, 0.4) is 0 Å². The third-order valence-electron chi connectivity index (χ3n) is 2.63. The van der Waals surface area contributed by atoms with E-state index in [-0.39, 0.29) is 5.75 Å². The number of aromatic hydroxyl groups is 1. The third kappa shape index (κ3) is 3.08. The molecular formula is C13H14N2O3S. The molecule has 1 N–H and O–H groups in total. The van der Waals surface area contributed by atoms with Crippen LogP contribution in [0.15, 0.2) is 40.4 Å². The summed E-state index contributed by atoms with van der Waals surface area (Å²) in [5.74, 6) is 1.16. The van der Waals surface area contributed by atoms with E-state index in [0.717, 1.165) is 11.3 Å². The lowest BCUT2D eigenvalue weighted by Crippen LogP contribution is -2.18. The fourth-order valence-corrected chi connectivity index (χ4v) is 2.41. The van der Waals surface area contributed by atoms with Crippen molar-refractivity contribution in [2.75, 3.05) is 7.11 Å². The van der Waals surface area contributed by atoms with Gasteiger partial charge in [0, 0.05) is 12.8 Å². The second-order valence-electron chi connectivity index (χ2n) is 3.93. The molecular weight excluding hydrogens is 264 g/mol. The predicted molar refractivity (Wildman–Crippen MR) is 73.7 cm³/mol. The van der Waals surface area contributed by atoms with Crippen LogP contribution in [0.25, 0.3) is 0 Å². The quantitative estimate of drug-likeness (QED) is 0.682. The van der Waals surface area contributed by atoms with Crippen molar-refractivity contribution in [3.05, 3.63) is 46.4 Å². The van der Waals surface area contributed by atoms with Gasteiger partial charge in [-0.3, -0.25) is 9.36 Å². The molecule has 0 bridgehead atoms. The van der Waals surface area contributed by atoms with Crippen LogP contribution in [-0.4, -0.2) is 21.8 Å². The summed E-state index contributed by atoms with van der Waals surface area (Å²) in [6.45, 7) is 0. The van der Waals surface area contributed by atoms with E-state index >= 15 is 0 Å². The maximum Gasteiger partial charge on any atom is 0.296 e. The number of methoxy groups -OCH3 is 1. The van der Waals surface area contributed by atoms with Gasteiger partial charge in [0.15, 0.2) is 10.9 Å². The summed E-state index contributed by atoms with van der Waals surface area (Å²) in [7, 11) is 3.21.